The Labute approximate surface area is 99.4 Å². The van der Waals surface area contributed by atoms with E-state index < -0.39 is 15.9 Å². The largest absolute Gasteiger partial charge is 0.380 e. The van der Waals surface area contributed by atoms with Crippen molar-refractivity contribution in [2.24, 2.45) is 5.14 Å². The van der Waals surface area contributed by atoms with Gasteiger partial charge >= 0.3 is 0 Å². The molecule has 4 N–H and O–H groups in total. The normalized spacial score (nSPS) is 13.4. The molecule has 0 aliphatic rings. The van der Waals surface area contributed by atoms with E-state index in [2.05, 4.69) is 10.3 Å². The second-order valence-electron chi connectivity index (χ2n) is 3.55. The molecule has 0 aromatic carbocycles. The van der Waals surface area contributed by atoms with E-state index in [0.29, 0.717) is 6.54 Å². The Morgan fingerprint density at radius 2 is 2.29 bits per heavy atom. The SMILES string of the molecule is COC(C)CNC(=O)c1cc(S(N)(=O)=O)c[nH]1. The first-order chi connectivity index (χ1) is 7.84. The molecule has 8 heteroatoms. The predicted octanol–water partition coefficient (Wildman–Crippen LogP) is -0.573. The molecule has 1 atom stereocenters. The average Bonchev–Trinajstić information content (AvgIpc) is 2.74. The van der Waals surface area contributed by atoms with Gasteiger partial charge in [-0.1, -0.05) is 0 Å². The maximum absolute atomic E-state index is 11.6. The Morgan fingerprint density at radius 1 is 1.65 bits per heavy atom. The number of ether oxygens (including phenoxy) is 1. The molecule has 0 aliphatic carbocycles. The zero-order chi connectivity index (χ0) is 13.1. The number of carbonyl (C=O) groups is 1. The van der Waals surface area contributed by atoms with E-state index in [1.807, 2.05) is 0 Å². The lowest BCUT2D eigenvalue weighted by Gasteiger charge is -2.09. The van der Waals surface area contributed by atoms with Crippen LogP contribution in [0.2, 0.25) is 0 Å². The van der Waals surface area contributed by atoms with Gasteiger partial charge in [-0.15, -0.1) is 0 Å². The highest BCUT2D eigenvalue weighted by Gasteiger charge is 2.14. The van der Waals surface area contributed by atoms with Crippen LogP contribution in [0.3, 0.4) is 0 Å². The van der Waals surface area contributed by atoms with E-state index in [-0.39, 0.29) is 16.7 Å². The number of primary sulfonamides is 1. The van der Waals surface area contributed by atoms with Crippen molar-refractivity contribution >= 4 is 15.9 Å². The van der Waals surface area contributed by atoms with Crippen molar-refractivity contribution in [3.05, 3.63) is 18.0 Å². The Morgan fingerprint density at radius 3 is 2.76 bits per heavy atom. The van der Waals surface area contributed by atoms with Gasteiger partial charge in [0.1, 0.15) is 5.69 Å². The third-order valence-electron chi connectivity index (χ3n) is 2.18. The van der Waals surface area contributed by atoms with Crippen LogP contribution in [0.1, 0.15) is 17.4 Å². The van der Waals surface area contributed by atoms with E-state index >= 15 is 0 Å². The van der Waals surface area contributed by atoms with Gasteiger partial charge in [-0.3, -0.25) is 4.79 Å². The maximum Gasteiger partial charge on any atom is 0.267 e. The summed E-state index contributed by atoms with van der Waals surface area (Å²) in [7, 11) is -2.26. The number of H-pyrrole nitrogens is 1. The molecule has 1 unspecified atom stereocenters. The number of methoxy groups -OCH3 is 1. The molecule has 1 aromatic rings. The average molecular weight is 261 g/mol. The molecule has 0 bridgehead atoms. The molecule has 0 saturated carbocycles. The van der Waals surface area contributed by atoms with E-state index in [0.717, 1.165) is 0 Å². The lowest BCUT2D eigenvalue weighted by molar-refractivity contribution is 0.0866. The topological polar surface area (TPSA) is 114 Å². The first-order valence-corrected chi connectivity index (χ1v) is 6.41. The third-order valence-corrected chi connectivity index (χ3v) is 3.07. The molecule has 0 spiro atoms. The van der Waals surface area contributed by atoms with Crippen LogP contribution < -0.4 is 10.5 Å². The summed E-state index contributed by atoms with van der Waals surface area (Å²) < 4.78 is 26.9. The van der Waals surface area contributed by atoms with Gasteiger partial charge in [0.05, 0.1) is 11.0 Å². The molecule has 0 radical (unpaired) electrons. The van der Waals surface area contributed by atoms with Crippen molar-refractivity contribution in [3.8, 4) is 0 Å². The second-order valence-corrected chi connectivity index (χ2v) is 5.11. The number of aromatic amines is 1. The summed E-state index contributed by atoms with van der Waals surface area (Å²) >= 11 is 0. The third kappa shape index (κ3) is 3.84. The monoisotopic (exact) mass is 261 g/mol. The highest BCUT2D eigenvalue weighted by atomic mass is 32.2. The van der Waals surface area contributed by atoms with Crippen LogP contribution in [0.25, 0.3) is 0 Å². The summed E-state index contributed by atoms with van der Waals surface area (Å²) in [6.45, 7) is 2.13. The minimum atomic E-state index is -3.79. The number of hydrogen-bond acceptors (Lipinski definition) is 4. The van der Waals surface area contributed by atoms with Gasteiger partial charge in [-0.25, -0.2) is 13.6 Å². The van der Waals surface area contributed by atoms with Crippen molar-refractivity contribution < 1.29 is 17.9 Å². The molecule has 1 amide bonds. The zero-order valence-electron chi connectivity index (χ0n) is 9.56. The number of carbonyl (C=O) groups excluding carboxylic acids is 1. The fourth-order valence-electron chi connectivity index (χ4n) is 1.08. The standard InChI is InChI=1S/C9H15N3O4S/c1-6(16-2)4-12-9(13)8-3-7(5-11-8)17(10,14)15/h3,5-6,11H,4H2,1-2H3,(H,12,13)(H2,10,14,15). The molecule has 1 rings (SSSR count). The summed E-state index contributed by atoms with van der Waals surface area (Å²) in [6.07, 6.45) is 1.05. The maximum atomic E-state index is 11.6. The van der Waals surface area contributed by atoms with Crippen LogP contribution >= 0.6 is 0 Å². The second kappa shape index (κ2) is 5.30. The first-order valence-electron chi connectivity index (χ1n) is 4.87. The molecule has 0 saturated heterocycles. The lowest BCUT2D eigenvalue weighted by atomic mass is 10.3. The highest BCUT2D eigenvalue weighted by Crippen LogP contribution is 2.08. The fraction of sp³-hybridized carbons (Fsp3) is 0.444. The Hall–Kier alpha value is -1.38. The summed E-state index contributed by atoms with van der Waals surface area (Å²) in [5.41, 5.74) is 0.136. The van der Waals surface area contributed by atoms with Gasteiger partial charge in [0.2, 0.25) is 10.0 Å². The van der Waals surface area contributed by atoms with Crippen molar-refractivity contribution in [1.82, 2.24) is 10.3 Å². The zero-order valence-corrected chi connectivity index (χ0v) is 10.4. The molecule has 96 valence electrons. The minimum absolute atomic E-state index is 0.119. The van der Waals surface area contributed by atoms with Crippen LogP contribution in [-0.4, -0.2) is 39.1 Å². The van der Waals surface area contributed by atoms with E-state index in [9.17, 15) is 13.2 Å². The van der Waals surface area contributed by atoms with Crippen LogP contribution in [0.15, 0.2) is 17.2 Å². The summed E-state index contributed by atoms with van der Waals surface area (Å²) in [5, 5.41) is 7.50. The van der Waals surface area contributed by atoms with Crippen LogP contribution in [-0.2, 0) is 14.8 Å². The summed E-state index contributed by atoms with van der Waals surface area (Å²) in [4.78, 5) is 14.0. The molecule has 1 heterocycles. The van der Waals surface area contributed by atoms with Gasteiger partial charge in [0, 0.05) is 19.9 Å². The number of hydrogen-bond donors (Lipinski definition) is 3. The number of sulfonamides is 1. The molecule has 1 aromatic heterocycles. The molecular weight excluding hydrogens is 246 g/mol. The predicted molar refractivity (Wildman–Crippen MR) is 61.0 cm³/mol. The van der Waals surface area contributed by atoms with Gasteiger partial charge in [0.15, 0.2) is 0 Å². The van der Waals surface area contributed by atoms with Crippen LogP contribution in [0.4, 0.5) is 0 Å². The summed E-state index contributed by atoms with van der Waals surface area (Å²) in [5.74, 6) is -0.413. The van der Waals surface area contributed by atoms with Gasteiger partial charge < -0.3 is 15.0 Å². The van der Waals surface area contributed by atoms with Crippen molar-refractivity contribution in [2.45, 2.75) is 17.9 Å². The molecule has 17 heavy (non-hydrogen) atoms. The first kappa shape index (κ1) is 13.7. The Balaban J connectivity index is 2.68. The Bertz CT molecular complexity index is 494. The van der Waals surface area contributed by atoms with E-state index in [1.165, 1.54) is 19.4 Å². The smallest absolute Gasteiger partial charge is 0.267 e. The van der Waals surface area contributed by atoms with Gasteiger partial charge in [-0.05, 0) is 13.0 Å². The van der Waals surface area contributed by atoms with E-state index in [1.54, 1.807) is 6.92 Å². The Kier molecular flexibility index (Phi) is 4.27. The van der Waals surface area contributed by atoms with Crippen LogP contribution in [0.5, 0.6) is 0 Å². The van der Waals surface area contributed by atoms with Crippen molar-refractivity contribution in [3.63, 3.8) is 0 Å². The summed E-state index contributed by atoms with van der Waals surface area (Å²) in [6, 6.07) is 1.18. The van der Waals surface area contributed by atoms with Crippen LogP contribution in [0, 0.1) is 0 Å². The number of aromatic nitrogens is 1. The molecule has 0 aliphatic heterocycles. The van der Waals surface area contributed by atoms with Gasteiger partial charge in [0.25, 0.3) is 5.91 Å². The van der Waals surface area contributed by atoms with E-state index in [4.69, 9.17) is 9.88 Å². The van der Waals surface area contributed by atoms with Gasteiger partial charge in [-0.2, -0.15) is 0 Å². The fourth-order valence-corrected chi connectivity index (χ4v) is 1.59. The molecule has 7 nitrogen and oxygen atoms in total. The lowest BCUT2D eigenvalue weighted by Crippen LogP contribution is -2.31. The number of rotatable bonds is 5. The quantitative estimate of drug-likeness (QED) is 0.658. The molecular formula is C9H15N3O4S. The molecule has 0 fully saturated rings. The van der Waals surface area contributed by atoms with Crippen molar-refractivity contribution in [1.29, 1.82) is 0 Å². The minimum Gasteiger partial charge on any atom is -0.380 e. The van der Waals surface area contributed by atoms with Crippen molar-refractivity contribution in [2.75, 3.05) is 13.7 Å². The number of nitrogens with two attached hydrogens (primary N) is 1. The number of nitrogens with one attached hydrogen (secondary N) is 2. The highest BCUT2D eigenvalue weighted by molar-refractivity contribution is 7.89. The number of amides is 1.